The molecule has 1 unspecified atom stereocenters. The zero-order valence-corrected chi connectivity index (χ0v) is 19.8. The molecule has 1 aliphatic heterocycles. The van der Waals surface area contributed by atoms with E-state index >= 15 is 0 Å². The van der Waals surface area contributed by atoms with Gasteiger partial charge in [0.2, 0.25) is 0 Å². The maximum atomic E-state index is 13.0. The van der Waals surface area contributed by atoms with Crippen LogP contribution in [0.2, 0.25) is 0 Å². The molecule has 1 aromatic heterocycles. The summed E-state index contributed by atoms with van der Waals surface area (Å²) in [6, 6.07) is 7.57. The number of carbonyl (C=O) groups excluding carboxylic acids is 1. The molecule has 0 bridgehead atoms. The maximum absolute atomic E-state index is 13.0. The average molecular weight is 450 g/mol. The highest BCUT2D eigenvalue weighted by molar-refractivity contribution is 7.14. The Morgan fingerprint density at radius 3 is 2.52 bits per heavy atom. The summed E-state index contributed by atoms with van der Waals surface area (Å²) in [5.74, 6) is 0.732. The fourth-order valence-electron chi connectivity index (χ4n) is 3.43. The van der Waals surface area contributed by atoms with Gasteiger partial charge >= 0.3 is 6.09 Å². The van der Waals surface area contributed by atoms with Crippen molar-refractivity contribution in [2.75, 3.05) is 19.8 Å². The SMILES string of the molecule is CC(C)(C)OC(=O)N1C(C)(C)OCC1(C)c1nnc(-c2ccc(OCCCO)cc2)s1. The molecule has 1 aromatic carbocycles. The Balaban J connectivity index is 1.83. The lowest BCUT2D eigenvalue weighted by molar-refractivity contribution is -0.0685. The molecule has 2 heterocycles. The molecule has 9 heteroatoms. The van der Waals surface area contributed by atoms with Crippen molar-refractivity contribution in [3.05, 3.63) is 29.3 Å². The predicted octanol–water partition coefficient (Wildman–Crippen LogP) is 4.18. The van der Waals surface area contributed by atoms with Gasteiger partial charge < -0.3 is 19.3 Å². The lowest BCUT2D eigenvalue weighted by Gasteiger charge is -2.39. The number of nitrogens with zero attached hydrogens (tertiary/aromatic N) is 3. The van der Waals surface area contributed by atoms with Gasteiger partial charge in [-0.1, -0.05) is 11.3 Å². The van der Waals surface area contributed by atoms with E-state index in [1.54, 1.807) is 4.90 Å². The molecule has 3 rings (SSSR count). The fraction of sp³-hybridized carbons (Fsp3) is 0.591. The third-order valence-corrected chi connectivity index (χ3v) is 6.10. The van der Waals surface area contributed by atoms with Crippen LogP contribution < -0.4 is 4.74 Å². The third-order valence-electron chi connectivity index (χ3n) is 4.87. The van der Waals surface area contributed by atoms with Gasteiger partial charge in [0.15, 0.2) is 0 Å². The van der Waals surface area contributed by atoms with E-state index in [0.717, 1.165) is 16.3 Å². The van der Waals surface area contributed by atoms with Crippen molar-refractivity contribution < 1.29 is 24.1 Å². The van der Waals surface area contributed by atoms with Gasteiger partial charge in [-0.05, 0) is 65.8 Å². The first-order valence-corrected chi connectivity index (χ1v) is 11.1. The van der Waals surface area contributed by atoms with Crippen LogP contribution in [0.5, 0.6) is 5.75 Å². The van der Waals surface area contributed by atoms with Gasteiger partial charge in [0.1, 0.15) is 32.6 Å². The Labute approximate surface area is 187 Å². The van der Waals surface area contributed by atoms with E-state index < -0.39 is 23.0 Å². The molecule has 0 aliphatic carbocycles. The van der Waals surface area contributed by atoms with Gasteiger partial charge in [0.05, 0.1) is 13.2 Å². The van der Waals surface area contributed by atoms with E-state index in [0.29, 0.717) is 24.6 Å². The molecule has 0 radical (unpaired) electrons. The largest absolute Gasteiger partial charge is 0.494 e. The number of aliphatic hydroxyl groups is 1. The predicted molar refractivity (Wildman–Crippen MR) is 118 cm³/mol. The van der Waals surface area contributed by atoms with Crippen molar-refractivity contribution in [2.45, 2.75) is 64.8 Å². The van der Waals surface area contributed by atoms with Gasteiger partial charge in [-0.3, -0.25) is 4.90 Å². The zero-order valence-electron chi connectivity index (χ0n) is 19.0. The molecule has 0 spiro atoms. The Kier molecular flexibility index (Phi) is 6.59. The van der Waals surface area contributed by atoms with E-state index in [1.165, 1.54) is 11.3 Å². The van der Waals surface area contributed by atoms with Crippen LogP contribution in [0.4, 0.5) is 4.79 Å². The first kappa shape index (κ1) is 23.4. The van der Waals surface area contributed by atoms with Crippen molar-refractivity contribution in [1.82, 2.24) is 15.1 Å². The molecule has 1 N–H and O–H groups in total. The lowest BCUT2D eigenvalue weighted by atomic mass is 10.0. The van der Waals surface area contributed by atoms with Crippen LogP contribution in [-0.4, -0.2) is 57.4 Å². The van der Waals surface area contributed by atoms with Crippen molar-refractivity contribution in [3.8, 4) is 16.3 Å². The highest BCUT2D eigenvalue weighted by Gasteiger charge is 2.55. The number of carbonyl (C=O) groups is 1. The number of hydrogen-bond acceptors (Lipinski definition) is 8. The monoisotopic (exact) mass is 449 g/mol. The zero-order chi connectivity index (χ0) is 22.9. The fourth-order valence-corrected chi connectivity index (χ4v) is 4.40. The minimum atomic E-state index is -0.837. The van der Waals surface area contributed by atoms with Crippen molar-refractivity contribution in [1.29, 1.82) is 0 Å². The van der Waals surface area contributed by atoms with E-state index in [-0.39, 0.29) is 6.61 Å². The van der Waals surface area contributed by atoms with Crippen LogP contribution in [0.3, 0.4) is 0 Å². The molecule has 170 valence electrons. The highest BCUT2D eigenvalue weighted by Crippen LogP contribution is 2.44. The second kappa shape index (κ2) is 8.72. The number of hydrogen-bond donors (Lipinski definition) is 1. The highest BCUT2D eigenvalue weighted by atomic mass is 32.1. The Morgan fingerprint density at radius 1 is 1.23 bits per heavy atom. The molecule has 1 saturated heterocycles. The van der Waals surface area contributed by atoms with Crippen LogP contribution in [0.1, 0.15) is 53.0 Å². The van der Waals surface area contributed by atoms with Crippen LogP contribution in [0.15, 0.2) is 24.3 Å². The Hall–Kier alpha value is -2.23. The summed E-state index contributed by atoms with van der Waals surface area (Å²) in [5.41, 5.74) is -1.35. The number of amides is 1. The van der Waals surface area contributed by atoms with E-state index in [4.69, 9.17) is 19.3 Å². The quantitative estimate of drug-likeness (QED) is 0.661. The Bertz CT molecular complexity index is 907. The minimum Gasteiger partial charge on any atom is -0.494 e. The lowest BCUT2D eigenvalue weighted by Crippen LogP contribution is -2.54. The number of aromatic nitrogens is 2. The van der Waals surface area contributed by atoms with Crippen LogP contribution in [-0.2, 0) is 15.0 Å². The second-order valence-electron chi connectivity index (χ2n) is 9.19. The van der Waals surface area contributed by atoms with Crippen LogP contribution >= 0.6 is 11.3 Å². The van der Waals surface area contributed by atoms with E-state index in [1.807, 2.05) is 65.8 Å². The van der Waals surface area contributed by atoms with Gasteiger partial charge in [0.25, 0.3) is 0 Å². The summed E-state index contributed by atoms with van der Waals surface area (Å²) in [4.78, 5) is 14.7. The maximum Gasteiger partial charge on any atom is 0.413 e. The summed E-state index contributed by atoms with van der Waals surface area (Å²) in [6.45, 7) is 12.0. The van der Waals surface area contributed by atoms with Gasteiger partial charge in [-0.15, -0.1) is 10.2 Å². The van der Waals surface area contributed by atoms with Gasteiger partial charge in [0, 0.05) is 18.6 Å². The molecule has 1 aliphatic rings. The molecular weight excluding hydrogens is 418 g/mol. The van der Waals surface area contributed by atoms with Gasteiger partial charge in [-0.25, -0.2) is 4.79 Å². The van der Waals surface area contributed by atoms with Crippen molar-refractivity contribution in [2.24, 2.45) is 0 Å². The van der Waals surface area contributed by atoms with E-state index in [9.17, 15) is 4.79 Å². The summed E-state index contributed by atoms with van der Waals surface area (Å²) in [5, 5.41) is 19.0. The van der Waals surface area contributed by atoms with Crippen molar-refractivity contribution in [3.63, 3.8) is 0 Å². The van der Waals surface area contributed by atoms with Crippen molar-refractivity contribution >= 4 is 17.4 Å². The Morgan fingerprint density at radius 2 is 1.90 bits per heavy atom. The average Bonchev–Trinajstić information content (AvgIpc) is 3.25. The normalized spacial score (nSPS) is 20.7. The first-order chi connectivity index (χ1) is 14.5. The molecular formula is C22H31N3O5S. The molecule has 1 fully saturated rings. The molecule has 8 nitrogen and oxygen atoms in total. The van der Waals surface area contributed by atoms with Gasteiger partial charge in [-0.2, -0.15) is 0 Å². The van der Waals surface area contributed by atoms with Crippen LogP contribution in [0.25, 0.3) is 10.6 Å². The topological polar surface area (TPSA) is 94.0 Å². The molecule has 0 saturated carbocycles. The molecule has 2 aromatic rings. The van der Waals surface area contributed by atoms with Crippen LogP contribution in [0, 0.1) is 0 Å². The summed E-state index contributed by atoms with van der Waals surface area (Å²) >= 11 is 1.42. The second-order valence-corrected chi connectivity index (χ2v) is 10.2. The first-order valence-electron chi connectivity index (χ1n) is 10.3. The molecule has 1 amide bonds. The number of aliphatic hydroxyl groups excluding tert-OH is 1. The molecule has 31 heavy (non-hydrogen) atoms. The number of benzene rings is 1. The minimum absolute atomic E-state index is 0.102. The number of ether oxygens (including phenoxy) is 3. The summed E-state index contributed by atoms with van der Waals surface area (Å²) in [7, 11) is 0. The third kappa shape index (κ3) is 5.16. The summed E-state index contributed by atoms with van der Waals surface area (Å²) < 4.78 is 17.2. The molecule has 1 atom stereocenters. The summed E-state index contributed by atoms with van der Waals surface area (Å²) in [6.07, 6.45) is 0.144. The number of rotatable bonds is 6. The van der Waals surface area contributed by atoms with E-state index in [2.05, 4.69) is 10.2 Å². The smallest absolute Gasteiger partial charge is 0.413 e. The standard InChI is InChI=1S/C22H31N3O5S/c1-20(2,3)30-19(27)25-21(4,5)29-14-22(25,6)18-24-23-17(31-18)15-8-10-16(11-9-15)28-13-7-12-26/h8-11,26H,7,12-14H2,1-6H3.